The van der Waals surface area contributed by atoms with Gasteiger partial charge in [0.15, 0.2) is 5.13 Å². The van der Waals surface area contributed by atoms with Crippen LogP contribution in [0.4, 0.5) is 10.8 Å². The highest BCUT2D eigenvalue weighted by atomic mass is 79.9. The lowest BCUT2D eigenvalue weighted by Gasteiger charge is -2.07. The van der Waals surface area contributed by atoms with Gasteiger partial charge in [-0.05, 0) is 40.2 Å². The summed E-state index contributed by atoms with van der Waals surface area (Å²) in [5.74, 6) is -0.366. The topological polar surface area (TPSA) is 76.0 Å². The molecule has 27 heavy (non-hydrogen) atoms. The van der Waals surface area contributed by atoms with Gasteiger partial charge in [0.2, 0.25) is 5.91 Å². The van der Waals surface area contributed by atoms with E-state index in [0.717, 1.165) is 25.6 Å². The minimum atomic E-state index is -0.202. The number of thiazole rings is 1. The molecule has 2 aromatic carbocycles. The summed E-state index contributed by atoms with van der Waals surface area (Å²) in [6.07, 6.45) is 0. The normalized spacial score (nSPS) is 11.1. The molecule has 0 radical (unpaired) electrons. The van der Waals surface area contributed by atoms with E-state index < -0.39 is 0 Å². The highest BCUT2D eigenvalue weighted by molar-refractivity contribution is 9.10. The van der Waals surface area contributed by atoms with Crippen molar-refractivity contribution < 1.29 is 9.59 Å². The molecule has 4 aromatic rings. The predicted molar refractivity (Wildman–Crippen MR) is 112 cm³/mol. The van der Waals surface area contributed by atoms with E-state index >= 15 is 0 Å². The highest BCUT2D eigenvalue weighted by Crippen LogP contribution is 2.32. The maximum Gasteiger partial charge on any atom is 0.273 e. The smallest absolute Gasteiger partial charge is 0.273 e. The summed E-state index contributed by atoms with van der Waals surface area (Å²) < 4.78 is 3.52. The van der Waals surface area contributed by atoms with Crippen LogP contribution in [0.1, 0.15) is 17.4 Å². The Labute approximate surface area is 167 Å². The van der Waals surface area contributed by atoms with Crippen molar-refractivity contribution in [3.8, 4) is 0 Å². The average molecular weight is 443 g/mol. The van der Waals surface area contributed by atoms with Crippen molar-refractivity contribution in [2.24, 2.45) is 7.05 Å². The number of amides is 2. The molecule has 4 rings (SSSR count). The third-order valence-electron chi connectivity index (χ3n) is 4.19. The van der Waals surface area contributed by atoms with Crippen molar-refractivity contribution in [2.45, 2.75) is 6.92 Å². The van der Waals surface area contributed by atoms with Crippen molar-refractivity contribution in [1.29, 1.82) is 0 Å². The molecular weight excluding hydrogens is 428 g/mol. The Morgan fingerprint density at radius 3 is 2.67 bits per heavy atom. The maximum atomic E-state index is 12.9. The number of carbonyl (C=O) groups excluding carboxylic acids is 2. The van der Waals surface area contributed by atoms with Gasteiger partial charge in [-0.15, -0.1) is 0 Å². The molecule has 0 atom stereocenters. The molecule has 2 amide bonds. The van der Waals surface area contributed by atoms with E-state index in [1.54, 1.807) is 6.07 Å². The molecule has 0 saturated heterocycles. The number of aromatic nitrogens is 2. The van der Waals surface area contributed by atoms with Crippen LogP contribution in [0.15, 0.2) is 46.9 Å². The number of benzene rings is 2. The van der Waals surface area contributed by atoms with Gasteiger partial charge in [0.1, 0.15) is 5.69 Å². The minimum absolute atomic E-state index is 0.164. The quantitative estimate of drug-likeness (QED) is 0.480. The molecule has 0 fully saturated rings. The first-order chi connectivity index (χ1) is 12.9. The van der Waals surface area contributed by atoms with E-state index in [1.807, 2.05) is 48.0 Å². The first kappa shape index (κ1) is 17.7. The first-order valence-corrected chi connectivity index (χ1v) is 9.77. The first-order valence-electron chi connectivity index (χ1n) is 8.16. The fraction of sp³-hybridized carbons (Fsp3) is 0.105. The molecule has 8 heteroatoms. The summed E-state index contributed by atoms with van der Waals surface area (Å²) in [5, 5.41) is 7.15. The Morgan fingerprint density at radius 2 is 1.93 bits per heavy atom. The molecule has 2 N–H and O–H groups in total. The maximum absolute atomic E-state index is 12.9. The van der Waals surface area contributed by atoms with Crippen molar-refractivity contribution >= 4 is 71.0 Å². The standard InChI is InChI=1S/C19H15BrN4O2S/c1-10(25)21-19-23-13-8-7-11(9-15(13)27-19)22-18(26)17-16(20)12-5-3-4-6-14(12)24(17)2/h3-9H,1-2H3,(H,22,26)(H,21,23,25). The fourth-order valence-electron chi connectivity index (χ4n) is 3.00. The van der Waals surface area contributed by atoms with Crippen LogP contribution in [0.2, 0.25) is 0 Å². The molecule has 0 bridgehead atoms. The van der Waals surface area contributed by atoms with Crippen LogP contribution >= 0.6 is 27.3 Å². The fourth-order valence-corrected chi connectivity index (χ4v) is 4.73. The molecule has 2 heterocycles. The van der Waals surface area contributed by atoms with Gasteiger partial charge in [0.25, 0.3) is 5.91 Å². The van der Waals surface area contributed by atoms with E-state index in [1.165, 1.54) is 18.3 Å². The van der Waals surface area contributed by atoms with Gasteiger partial charge in [0, 0.05) is 30.6 Å². The van der Waals surface area contributed by atoms with Crippen molar-refractivity contribution in [1.82, 2.24) is 9.55 Å². The van der Waals surface area contributed by atoms with Gasteiger partial charge in [-0.1, -0.05) is 29.5 Å². The number of anilines is 2. The number of aryl methyl sites for hydroxylation is 1. The van der Waals surface area contributed by atoms with Crippen LogP contribution in [-0.2, 0) is 11.8 Å². The number of nitrogens with zero attached hydrogens (tertiary/aromatic N) is 2. The van der Waals surface area contributed by atoms with E-state index in [-0.39, 0.29) is 11.8 Å². The zero-order valence-electron chi connectivity index (χ0n) is 14.5. The van der Waals surface area contributed by atoms with Gasteiger partial charge < -0.3 is 15.2 Å². The van der Waals surface area contributed by atoms with E-state index in [9.17, 15) is 9.59 Å². The SMILES string of the molecule is CC(=O)Nc1nc2ccc(NC(=O)c3c(Br)c4ccccc4n3C)cc2s1. The number of fused-ring (bicyclic) bond motifs is 2. The second-order valence-electron chi connectivity index (χ2n) is 6.08. The Hall–Kier alpha value is -2.71. The lowest BCUT2D eigenvalue weighted by Crippen LogP contribution is -2.16. The number of carbonyl (C=O) groups is 2. The highest BCUT2D eigenvalue weighted by Gasteiger charge is 2.19. The van der Waals surface area contributed by atoms with Gasteiger partial charge >= 0.3 is 0 Å². The lowest BCUT2D eigenvalue weighted by atomic mass is 10.2. The van der Waals surface area contributed by atoms with E-state index in [0.29, 0.717) is 16.5 Å². The van der Waals surface area contributed by atoms with Crippen molar-refractivity contribution in [3.63, 3.8) is 0 Å². The summed E-state index contributed by atoms with van der Waals surface area (Å²) in [6, 6.07) is 13.3. The third kappa shape index (κ3) is 3.22. The molecule has 0 aliphatic heterocycles. The van der Waals surface area contributed by atoms with Crippen LogP contribution in [-0.4, -0.2) is 21.4 Å². The van der Waals surface area contributed by atoms with Crippen LogP contribution in [0, 0.1) is 0 Å². The summed E-state index contributed by atoms with van der Waals surface area (Å²) >= 11 is 4.92. The van der Waals surface area contributed by atoms with Crippen LogP contribution < -0.4 is 10.6 Å². The van der Waals surface area contributed by atoms with Crippen molar-refractivity contribution in [2.75, 3.05) is 10.6 Å². The molecular formula is C19H15BrN4O2S. The molecule has 0 saturated carbocycles. The molecule has 0 unspecified atom stereocenters. The zero-order valence-corrected chi connectivity index (χ0v) is 16.9. The summed E-state index contributed by atoms with van der Waals surface area (Å²) in [5.41, 5.74) is 2.97. The number of rotatable bonds is 3. The Morgan fingerprint density at radius 1 is 1.15 bits per heavy atom. The average Bonchev–Trinajstić information content (AvgIpc) is 3.12. The van der Waals surface area contributed by atoms with Crippen LogP contribution in [0.3, 0.4) is 0 Å². The number of hydrogen-bond donors (Lipinski definition) is 2. The Balaban J connectivity index is 1.66. The molecule has 2 aromatic heterocycles. The number of nitrogens with one attached hydrogen (secondary N) is 2. The van der Waals surface area contributed by atoms with E-state index in [4.69, 9.17) is 0 Å². The second-order valence-corrected chi connectivity index (χ2v) is 7.90. The summed E-state index contributed by atoms with van der Waals surface area (Å²) in [6.45, 7) is 1.44. The minimum Gasteiger partial charge on any atom is -0.339 e. The number of para-hydroxylation sites is 1. The molecule has 136 valence electrons. The summed E-state index contributed by atoms with van der Waals surface area (Å²) in [7, 11) is 1.87. The number of halogens is 1. The Kier molecular flexibility index (Phi) is 4.45. The van der Waals surface area contributed by atoms with Crippen LogP contribution in [0.5, 0.6) is 0 Å². The van der Waals surface area contributed by atoms with Crippen molar-refractivity contribution in [3.05, 3.63) is 52.6 Å². The van der Waals surface area contributed by atoms with Gasteiger partial charge in [-0.3, -0.25) is 9.59 Å². The second kappa shape index (κ2) is 6.79. The monoisotopic (exact) mass is 442 g/mol. The Bertz CT molecular complexity index is 1170. The van der Waals surface area contributed by atoms with Gasteiger partial charge in [0.05, 0.1) is 14.7 Å². The lowest BCUT2D eigenvalue weighted by molar-refractivity contribution is -0.114. The van der Waals surface area contributed by atoms with Gasteiger partial charge in [-0.2, -0.15) is 0 Å². The zero-order chi connectivity index (χ0) is 19.1. The van der Waals surface area contributed by atoms with Gasteiger partial charge in [-0.25, -0.2) is 4.98 Å². The molecule has 0 aliphatic rings. The molecule has 0 spiro atoms. The molecule has 6 nitrogen and oxygen atoms in total. The predicted octanol–water partition coefficient (Wildman–Crippen LogP) is 4.76. The number of hydrogen-bond acceptors (Lipinski definition) is 4. The van der Waals surface area contributed by atoms with Crippen LogP contribution in [0.25, 0.3) is 21.1 Å². The van der Waals surface area contributed by atoms with E-state index in [2.05, 4.69) is 31.5 Å². The molecule has 0 aliphatic carbocycles. The largest absolute Gasteiger partial charge is 0.339 e. The third-order valence-corrected chi connectivity index (χ3v) is 5.93. The summed E-state index contributed by atoms with van der Waals surface area (Å²) in [4.78, 5) is 28.4.